The molecule has 0 saturated carbocycles. The molecule has 6 nitrogen and oxygen atoms in total. The number of halogens is 1. The van der Waals surface area contributed by atoms with Crippen molar-refractivity contribution in [2.24, 2.45) is 5.73 Å². The molecular formula is C17H14FNO5. The van der Waals surface area contributed by atoms with Crippen molar-refractivity contribution < 1.29 is 23.1 Å². The van der Waals surface area contributed by atoms with Crippen molar-refractivity contribution in [2.75, 3.05) is 7.11 Å². The highest BCUT2D eigenvalue weighted by Gasteiger charge is 2.39. The minimum Gasteiger partial charge on any atom is -0.465 e. The summed E-state index contributed by atoms with van der Waals surface area (Å²) in [6.45, 7) is 1.57. The maximum atomic E-state index is 14.4. The summed E-state index contributed by atoms with van der Waals surface area (Å²) in [5.41, 5.74) is 5.07. The van der Waals surface area contributed by atoms with Crippen LogP contribution in [0.2, 0.25) is 0 Å². The van der Waals surface area contributed by atoms with Crippen LogP contribution in [0.1, 0.15) is 22.8 Å². The van der Waals surface area contributed by atoms with Crippen LogP contribution < -0.4 is 16.1 Å². The smallest absolute Gasteiger partial charge is 0.343 e. The third kappa shape index (κ3) is 2.44. The summed E-state index contributed by atoms with van der Waals surface area (Å²) in [4.78, 5) is 24.5. The van der Waals surface area contributed by atoms with Gasteiger partial charge >= 0.3 is 11.6 Å². The lowest BCUT2D eigenvalue weighted by atomic mass is 9.83. The van der Waals surface area contributed by atoms with Gasteiger partial charge in [0.2, 0.25) is 5.88 Å². The number of methoxy groups -OCH3 is 1. The molecule has 1 aliphatic rings. The number of hydrogen-bond donors (Lipinski definition) is 1. The van der Waals surface area contributed by atoms with E-state index in [0.29, 0.717) is 5.76 Å². The number of carbonyl (C=O) groups excluding carboxylic acids is 1. The molecule has 0 bridgehead atoms. The average molecular weight is 331 g/mol. The number of benzene rings is 1. The van der Waals surface area contributed by atoms with E-state index in [-0.39, 0.29) is 28.3 Å². The molecule has 0 amide bonds. The summed E-state index contributed by atoms with van der Waals surface area (Å²) in [6.07, 6.45) is 0. The molecule has 2 heterocycles. The Hall–Kier alpha value is -3.09. The number of carbonyl (C=O) groups is 1. The van der Waals surface area contributed by atoms with Gasteiger partial charge in [0.15, 0.2) is 0 Å². The van der Waals surface area contributed by atoms with Crippen molar-refractivity contribution in [2.45, 2.75) is 12.8 Å². The number of esters is 1. The molecule has 0 saturated heterocycles. The van der Waals surface area contributed by atoms with Crippen molar-refractivity contribution >= 4 is 5.97 Å². The number of rotatable bonds is 2. The number of aryl methyl sites for hydroxylation is 1. The SMILES string of the molecule is COC(=O)C1=C(N)Oc2cc(C)oc(=O)c2[C@@H]1c1ccccc1F. The minimum atomic E-state index is -1.08. The Bertz CT molecular complexity index is 915. The highest BCUT2D eigenvalue weighted by atomic mass is 19.1. The van der Waals surface area contributed by atoms with Crippen LogP contribution in [0.4, 0.5) is 4.39 Å². The number of fused-ring (bicyclic) bond motifs is 1. The molecule has 2 aromatic rings. The first kappa shape index (κ1) is 15.8. The molecule has 0 fully saturated rings. The second kappa shape index (κ2) is 5.84. The molecule has 124 valence electrons. The van der Waals surface area contributed by atoms with Gasteiger partial charge in [-0.25, -0.2) is 14.0 Å². The van der Waals surface area contributed by atoms with Gasteiger partial charge in [-0.15, -0.1) is 0 Å². The molecular weight excluding hydrogens is 317 g/mol. The first-order valence-electron chi connectivity index (χ1n) is 7.09. The molecule has 3 rings (SSSR count). The van der Waals surface area contributed by atoms with Gasteiger partial charge in [0, 0.05) is 11.6 Å². The molecule has 0 aliphatic carbocycles. The Morgan fingerprint density at radius 2 is 2.04 bits per heavy atom. The maximum absolute atomic E-state index is 14.4. The number of hydrogen-bond acceptors (Lipinski definition) is 6. The second-order valence-electron chi connectivity index (χ2n) is 5.25. The Kier molecular flexibility index (Phi) is 3.84. The monoisotopic (exact) mass is 331 g/mol. The van der Waals surface area contributed by atoms with Gasteiger partial charge in [-0.05, 0) is 13.0 Å². The van der Waals surface area contributed by atoms with E-state index in [1.807, 2.05) is 0 Å². The topological polar surface area (TPSA) is 91.8 Å². The molecule has 0 radical (unpaired) electrons. The normalized spacial score (nSPS) is 16.4. The Labute approximate surface area is 136 Å². The van der Waals surface area contributed by atoms with Crippen molar-refractivity contribution in [1.82, 2.24) is 0 Å². The van der Waals surface area contributed by atoms with Crippen LogP contribution in [0.5, 0.6) is 5.75 Å². The van der Waals surface area contributed by atoms with Crippen LogP contribution in [0, 0.1) is 12.7 Å². The third-order valence-electron chi connectivity index (χ3n) is 3.76. The van der Waals surface area contributed by atoms with E-state index in [4.69, 9.17) is 19.6 Å². The van der Waals surface area contributed by atoms with Gasteiger partial charge in [0.25, 0.3) is 0 Å². The zero-order valence-corrected chi connectivity index (χ0v) is 13.0. The van der Waals surface area contributed by atoms with E-state index in [1.54, 1.807) is 13.0 Å². The fourth-order valence-corrected chi connectivity index (χ4v) is 2.75. The van der Waals surface area contributed by atoms with Crippen LogP contribution in [-0.4, -0.2) is 13.1 Å². The predicted molar refractivity (Wildman–Crippen MR) is 81.8 cm³/mol. The lowest BCUT2D eigenvalue weighted by Gasteiger charge is -2.27. The molecule has 1 atom stereocenters. The minimum absolute atomic E-state index is 0.000278. The molecule has 7 heteroatoms. The first-order chi connectivity index (χ1) is 11.4. The van der Waals surface area contributed by atoms with Crippen LogP contribution in [0.25, 0.3) is 0 Å². The summed E-state index contributed by atoms with van der Waals surface area (Å²) < 4.78 is 29.6. The van der Waals surface area contributed by atoms with Crippen LogP contribution in [0.3, 0.4) is 0 Å². The molecule has 0 unspecified atom stereocenters. The van der Waals surface area contributed by atoms with Crippen LogP contribution >= 0.6 is 0 Å². The van der Waals surface area contributed by atoms with E-state index >= 15 is 0 Å². The van der Waals surface area contributed by atoms with Crippen molar-refractivity contribution in [3.05, 3.63) is 74.9 Å². The van der Waals surface area contributed by atoms with Gasteiger partial charge < -0.3 is 19.6 Å². The van der Waals surface area contributed by atoms with Gasteiger partial charge in [-0.3, -0.25) is 0 Å². The lowest BCUT2D eigenvalue weighted by molar-refractivity contribution is -0.136. The summed E-state index contributed by atoms with van der Waals surface area (Å²) in [6, 6.07) is 7.25. The molecule has 1 aromatic heterocycles. The fraction of sp³-hybridized carbons (Fsp3) is 0.176. The predicted octanol–water partition coefficient (Wildman–Crippen LogP) is 1.95. The molecule has 2 N–H and O–H groups in total. The van der Waals surface area contributed by atoms with E-state index in [1.165, 1.54) is 24.3 Å². The van der Waals surface area contributed by atoms with Crippen LogP contribution in [0.15, 0.2) is 51.0 Å². The van der Waals surface area contributed by atoms with Crippen molar-refractivity contribution in [3.8, 4) is 5.75 Å². The van der Waals surface area contributed by atoms with Gasteiger partial charge in [0.05, 0.1) is 18.6 Å². The molecule has 1 aromatic carbocycles. The summed E-state index contributed by atoms with van der Waals surface area (Å²) in [7, 11) is 1.16. The average Bonchev–Trinajstić information content (AvgIpc) is 2.53. The first-order valence-corrected chi connectivity index (χ1v) is 7.09. The molecule has 0 spiro atoms. The zero-order valence-electron chi connectivity index (χ0n) is 13.0. The fourth-order valence-electron chi connectivity index (χ4n) is 2.75. The number of nitrogens with two attached hydrogens (primary N) is 1. The summed E-state index contributed by atoms with van der Waals surface area (Å²) in [5.74, 6) is -2.30. The standard InChI is InChI=1S/C17H14FNO5/c1-8-7-11-13(17(21)23-8)12(9-5-3-4-6-10(9)18)14(15(19)24-11)16(20)22-2/h3-7,12H,19H2,1-2H3/t12-/m0/s1. The third-order valence-corrected chi connectivity index (χ3v) is 3.76. The van der Waals surface area contributed by atoms with Crippen molar-refractivity contribution in [3.63, 3.8) is 0 Å². The Morgan fingerprint density at radius 1 is 1.33 bits per heavy atom. The van der Waals surface area contributed by atoms with Gasteiger partial charge in [-0.1, -0.05) is 18.2 Å². The largest absolute Gasteiger partial charge is 0.465 e. The van der Waals surface area contributed by atoms with Crippen LogP contribution in [-0.2, 0) is 9.53 Å². The van der Waals surface area contributed by atoms with Gasteiger partial charge in [0.1, 0.15) is 22.9 Å². The highest BCUT2D eigenvalue weighted by molar-refractivity contribution is 5.92. The van der Waals surface area contributed by atoms with E-state index in [2.05, 4.69) is 0 Å². The van der Waals surface area contributed by atoms with E-state index < -0.39 is 23.3 Å². The summed E-state index contributed by atoms with van der Waals surface area (Å²) >= 11 is 0. The lowest BCUT2D eigenvalue weighted by Crippen LogP contribution is -2.31. The molecule has 1 aliphatic heterocycles. The Morgan fingerprint density at radius 3 is 2.71 bits per heavy atom. The van der Waals surface area contributed by atoms with Gasteiger partial charge in [-0.2, -0.15) is 0 Å². The Balaban J connectivity index is 2.35. The quantitative estimate of drug-likeness (QED) is 0.846. The second-order valence-corrected chi connectivity index (χ2v) is 5.25. The van der Waals surface area contributed by atoms with Crippen molar-refractivity contribution in [1.29, 1.82) is 0 Å². The van der Waals surface area contributed by atoms with E-state index in [9.17, 15) is 14.0 Å². The number of ether oxygens (including phenoxy) is 2. The summed E-state index contributed by atoms with van der Waals surface area (Å²) in [5, 5.41) is 0. The highest BCUT2D eigenvalue weighted by Crippen LogP contribution is 2.41. The zero-order chi connectivity index (χ0) is 17.4. The van der Waals surface area contributed by atoms with E-state index in [0.717, 1.165) is 7.11 Å². The molecule has 24 heavy (non-hydrogen) atoms. The maximum Gasteiger partial charge on any atom is 0.343 e.